The van der Waals surface area contributed by atoms with Gasteiger partial charge in [-0.25, -0.2) is 0 Å². The van der Waals surface area contributed by atoms with E-state index in [0.29, 0.717) is 6.42 Å². The Morgan fingerprint density at radius 1 is 1.12 bits per heavy atom. The van der Waals surface area contributed by atoms with Crippen molar-refractivity contribution < 1.29 is 4.79 Å². The Balaban J connectivity index is 2.00. The van der Waals surface area contributed by atoms with Crippen molar-refractivity contribution in [2.24, 2.45) is 0 Å². The third kappa shape index (κ3) is 3.30. The summed E-state index contributed by atoms with van der Waals surface area (Å²) in [4.78, 5) is 15.8. The Bertz CT molecular complexity index is 378. The fourth-order valence-electron chi connectivity index (χ4n) is 2.18. The van der Waals surface area contributed by atoms with Crippen LogP contribution < -0.4 is 4.90 Å². The maximum Gasteiger partial charge on any atom is 0.134 e. The lowest BCUT2D eigenvalue weighted by Crippen LogP contribution is -2.44. The SMILES string of the molecule is CC(=O)Cc1ccc(N2CCN(C)CC2)cc1. The first-order valence-corrected chi connectivity index (χ1v) is 6.17. The summed E-state index contributed by atoms with van der Waals surface area (Å²) in [6.07, 6.45) is 0.545. The van der Waals surface area contributed by atoms with E-state index in [9.17, 15) is 4.79 Å². The van der Waals surface area contributed by atoms with Gasteiger partial charge in [0.15, 0.2) is 0 Å². The van der Waals surface area contributed by atoms with E-state index in [1.54, 1.807) is 6.92 Å². The van der Waals surface area contributed by atoms with E-state index in [0.717, 1.165) is 31.7 Å². The van der Waals surface area contributed by atoms with Gasteiger partial charge >= 0.3 is 0 Å². The fraction of sp³-hybridized carbons (Fsp3) is 0.500. The monoisotopic (exact) mass is 232 g/mol. The van der Waals surface area contributed by atoms with E-state index in [2.05, 4.69) is 41.1 Å². The number of Topliss-reactive ketones (excluding diaryl/α,β-unsaturated/α-hetero) is 1. The first-order valence-electron chi connectivity index (χ1n) is 6.17. The summed E-state index contributed by atoms with van der Waals surface area (Å²) in [6, 6.07) is 8.39. The summed E-state index contributed by atoms with van der Waals surface area (Å²) in [6.45, 7) is 6.05. The molecular formula is C14H20N2O. The van der Waals surface area contributed by atoms with Crippen LogP contribution in [0.25, 0.3) is 0 Å². The van der Waals surface area contributed by atoms with Gasteiger partial charge in [-0.05, 0) is 31.7 Å². The molecule has 0 unspecified atom stereocenters. The van der Waals surface area contributed by atoms with Gasteiger partial charge in [0.25, 0.3) is 0 Å². The summed E-state index contributed by atoms with van der Waals surface area (Å²) in [5.41, 5.74) is 2.38. The minimum atomic E-state index is 0.220. The Hall–Kier alpha value is -1.35. The molecule has 0 aliphatic carbocycles. The molecule has 1 aliphatic heterocycles. The largest absolute Gasteiger partial charge is 0.369 e. The molecule has 0 N–H and O–H groups in total. The van der Waals surface area contributed by atoms with E-state index < -0.39 is 0 Å². The van der Waals surface area contributed by atoms with Gasteiger partial charge < -0.3 is 9.80 Å². The Morgan fingerprint density at radius 2 is 1.71 bits per heavy atom. The number of hydrogen-bond acceptors (Lipinski definition) is 3. The highest BCUT2D eigenvalue weighted by atomic mass is 16.1. The Labute approximate surface area is 103 Å². The molecule has 0 spiro atoms. The number of ketones is 1. The summed E-state index contributed by atoms with van der Waals surface area (Å²) in [5, 5.41) is 0. The van der Waals surface area contributed by atoms with Crippen molar-refractivity contribution in [3.05, 3.63) is 29.8 Å². The Kier molecular flexibility index (Phi) is 3.79. The highest BCUT2D eigenvalue weighted by molar-refractivity contribution is 5.78. The topological polar surface area (TPSA) is 23.6 Å². The van der Waals surface area contributed by atoms with Crippen molar-refractivity contribution in [3.63, 3.8) is 0 Å². The van der Waals surface area contributed by atoms with Gasteiger partial charge in [-0.15, -0.1) is 0 Å². The van der Waals surface area contributed by atoms with Gasteiger partial charge in [-0.2, -0.15) is 0 Å². The summed E-state index contributed by atoms with van der Waals surface area (Å²) in [7, 11) is 2.16. The van der Waals surface area contributed by atoms with Crippen LogP contribution in [0, 0.1) is 0 Å². The van der Waals surface area contributed by atoms with E-state index in [4.69, 9.17) is 0 Å². The van der Waals surface area contributed by atoms with Crippen molar-refractivity contribution in [1.29, 1.82) is 0 Å². The smallest absolute Gasteiger partial charge is 0.134 e. The van der Waals surface area contributed by atoms with Crippen molar-refractivity contribution in [1.82, 2.24) is 4.90 Å². The predicted molar refractivity (Wildman–Crippen MR) is 70.5 cm³/mol. The van der Waals surface area contributed by atoms with Crippen LogP contribution >= 0.6 is 0 Å². The van der Waals surface area contributed by atoms with Crippen LogP contribution in [0.15, 0.2) is 24.3 Å². The van der Waals surface area contributed by atoms with Crippen LogP contribution in [0.2, 0.25) is 0 Å². The van der Waals surface area contributed by atoms with Crippen LogP contribution in [0.1, 0.15) is 12.5 Å². The molecule has 3 heteroatoms. The Morgan fingerprint density at radius 3 is 2.24 bits per heavy atom. The van der Waals surface area contributed by atoms with Crippen LogP contribution in [-0.2, 0) is 11.2 Å². The second-order valence-corrected chi connectivity index (χ2v) is 4.84. The molecule has 0 saturated carbocycles. The molecule has 1 aromatic carbocycles. The summed E-state index contributed by atoms with van der Waals surface area (Å²) >= 11 is 0. The van der Waals surface area contributed by atoms with Crippen LogP contribution in [0.4, 0.5) is 5.69 Å². The maximum absolute atomic E-state index is 11.0. The molecule has 1 heterocycles. The molecule has 1 aliphatic rings. The maximum atomic E-state index is 11.0. The van der Waals surface area contributed by atoms with Crippen molar-refractivity contribution in [3.8, 4) is 0 Å². The van der Waals surface area contributed by atoms with Gasteiger partial charge in [0.05, 0.1) is 0 Å². The minimum Gasteiger partial charge on any atom is -0.369 e. The molecule has 0 amide bonds. The zero-order chi connectivity index (χ0) is 12.3. The van der Waals surface area contributed by atoms with Crippen molar-refractivity contribution in [2.45, 2.75) is 13.3 Å². The van der Waals surface area contributed by atoms with Crippen LogP contribution in [0.5, 0.6) is 0 Å². The van der Waals surface area contributed by atoms with Gasteiger partial charge in [0, 0.05) is 38.3 Å². The molecule has 0 atom stereocenters. The zero-order valence-corrected chi connectivity index (χ0v) is 10.6. The van der Waals surface area contributed by atoms with E-state index in [1.807, 2.05) is 0 Å². The van der Waals surface area contributed by atoms with Gasteiger partial charge in [-0.3, -0.25) is 4.79 Å². The van der Waals surface area contributed by atoms with Crippen molar-refractivity contribution in [2.75, 3.05) is 38.1 Å². The molecule has 2 rings (SSSR count). The van der Waals surface area contributed by atoms with Gasteiger partial charge in [-0.1, -0.05) is 12.1 Å². The average Bonchev–Trinajstić information content (AvgIpc) is 2.30. The number of carbonyl (C=O) groups is 1. The van der Waals surface area contributed by atoms with Crippen LogP contribution in [0.3, 0.4) is 0 Å². The molecule has 0 bridgehead atoms. The average molecular weight is 232 g/mol. The summed E-state index contributed by atoms with van der Waals surface area (Å²) < 4.78 is 0. The van der Waals surface area contributed by atoms with Gasteiger partial charge in [0.2, 0.25) is 0 Å². The first kappa shape index (κ1) is 12.1. The standard InChI is InChI=1S/C14H20N2O/c1-12(17)11-13-3-5-14(6-4-13)16-9-7-15(2)8-10-16/h3-6H,7-11H2,1-2H3. The quantitative estimate of drug-likeness (QED) is 0.790. The lowest BCUT2D eigenvalue weighted by molar-refractivity contribution is -0.116. The molecule has 0 aromatic heterocycles. The first-order chi connectivity index (χ1) is 8.15. The number of hydrogen-bond donors (Lipinski definition) is 0. The van der Waals surface area contributed by atoms with E-state index in [-0.39, 0.29) is 5.78 Å². The predicted octanol–water partition coefficient (Wildman–Crippen LogP) is 1.57. The second-order valence-electron chi connectivity index (χ2n) is 4.84. The molecule has 1 fully saturated rings. The molecule has 17 heavy (non-hydrogen) atoms. The van der Waals surface area contributed by atoms with E-state index in [1.165, 1.54) is 5.69 Å². The number of piperazine rings is 1. The number of rotatable bonds is 3. The second kappa shape index (κ2) is 5.32. The zero-order valence-electron chi connectivity index (χ0n) is 10.6. The van der Waals surface area contributed by atoms with E-state index >= 15 is 0 Å². The lowest BCUT2D eigenvalue weighted by atomic mass is 10.1. The number of likely N-dealkylation sites (N-methyl/N-ethyl adjacent to an activating group) is 1. The third-order valence-electron chi connectivity index (χ3n) is 3.26. The van der Waals surface area contributed by atoms with Crippen LogP contribution in [-0.4, -0.2) is 43.9 Å². The third-order valence-corrected chi connectivity index (χ3v) is 3.26. The number of anilines is 1. The molecular weight excluding hydrogens is 212 g/mol. The molecule has 3 nitrogen and oxygen atoms in total. The normalized spacial score (nSPS) is 17.2. The molecule has 1 aromatic rings. The van der Waals surface area contributed by atoms with Crippen molar-refractivity contribution >= 4 is 11.5 Å². The number of benzene rings is 1. The molecule has 1 saturated heterocycles. The molecule has 92 valence electrons. The highest BCUT2D eigenvalue weighted by Gasteiger charge is 2.13. The fourth-order valence-corrected chi connectivity index (χ4v) is 2.18. The van der Waals surface area contributed by atoms with Gasteiger partial charge in [0.1, 0.15) is 5.78 Å². The highest BCUT2D eigenvalue weighted by Crippen LogP contribution is 2.17. The number of nitrogens with zero attached hydrogens (tertiary/aromatic N) is 2. The summed E-state index contributed by atoms with van der Waals surface area (Å²) in [5.74, 6) is 0.220. The number of carbonyl (C=O) groups excluding carboxylic acids is 1. The minimum absolute atomic E-state index is 0.220. The lowest BCUT2D eigenvalue weighted by Gasteiger charge is -2.34. The molecule has 0 radical (unpaired) electrons.